The molecule has 1 N–H and O–H groups in total. The first kappa shape index (κ1) is 14.2. The summed E-state index contributed by atoms with van der Waals surface area (Å²) in [5, 5.41) is 13.4. The molecule has 0 unspecified atom stereocenters. The van der Waals surface area contributed by atoms with E-state index in [0.29, 0.717) is 5.69 Å². The molecule has 2 rings (SSSR count). The summed E-state index contributed by atoms with van der Waals surface area (Å²) < 4.78 is 13.4. The molecule has 1 aromatic heterocycles. The number of benzene rings is 1. The highest BCUT2D eigenvalue weighted by atomic mass is 35.5. The van der Waals surface area contributed by atoms with Gasteiger partial charge in [0.15, 0.2) is 0 Å². The minimum absolute atomic E-state index is 0.0696. The number of nitrogens with zero attached hydrogens (tertiary/aromatic N) is 2. The number of nitro benzene ring substituents is 1. The van der Waals surface area contributed by atoms with E-state index in [0.717, 1.165) is 17.8 Å². The fraction of sp³-hybridized carbons (Fsp3) is 0.154. The number of hydrogen-bond donors (Lipinski definition) is 1. The highest BCUT2D eigenvalue weighted by Gasteiger charge is 2.17. The molecule has 0 saturated carbocycles. The lowest BCUT2D eigenvalue weighted by atomic mass is 10.2. The maximum absolute atomic E-state index is 13.4. The third-order valence-corrected chi connectivity index (χ3v) is 2.93. The first-order chi connectivity index (χ1) is 9.47. The summed E-state index contributed by atoms with van der Waals surface area (Å²) in [5.74, 6) is -0.711. The van der Waals surface area contributed by atoms with Gasteiger partial charge in [0.2, 0.25) is 0 Å². The van der Waals surface area contributed by atoms with Crippen molar-refractivity contribution in [3.63, 3.8) is 0 Å². The highest BCUT2D eigenvalue weighted by molar-refractivity contribution is 6.31. The normalized spacial score (nSPS) is 10.3. The SMILES string of the molecule is Cc1cccc(CNc2cc(F)c(Cl)cc2[N+](=O)[O-])n1. The minimum atomic E-state index is -0.711. The number of anilines is 1. The van der Waals surface area contributed by atoms with Gasteiger partial charge in [0.1, 0.15) is 11.5 Å². The third-order valence-electron chi connectivity index (χ3n) is 2.64. The molecule has 0 spiro atoms. The van der Waals surface area contributed by atoms with Crippen molar-refractivity contribution in [2.24, 2.45) is 0 Å². The molecule has 0 radical (unpaired) electrons. The van der Waals surface area contributed by atoms with Crippen LogP contribution < -0.4 is 5.32 Å². The zero-order valence-electron chi connectivity index (χ0n) is 10.6. The fourth-order valence-electron chi connectivity index (χ4n) is 1.71. The van der Waals surface area contributed by atoms with E-state index >= 15 is 0 Å². The number of nitrogens with one attached hydrogen (secondary N) is 1. The second-order valence-electron chi connectivity index (χ2n) is 4.16. The molecule has 0 atom stereocenters. The second-order valence-corrected chi connectivity index (χ2v) is 4.57. The van der Waals surface area contributed by atoms with E-state index in [1.165, 1.54) is 0 Å². The molecule has 0 fully saturated rings. The van der Waals surface area contributed by atoms with Crippen LogP contribution in [0.25, 0.3) is 0 Å². The molecule has 2 aromatic rings. The standard InChI is InChI=1S/C13H11ClFN3O2/c1-8-3-2-4-9(17-8)7-16-12-6-11(15)10(14)5-13(12)18(19)20/h2-6,16H,7H2,1H3. The summed E-state index contributed by atoms with van der Waals surface area (Å²) in [6, 6.07) is 7.45. The van der Waals surface area contributed by atoms with Gasteiger partial charge in [-0.05, 0) is 19.1 Å². The molecular formula is C13H11ClFN3O2. The van der Waals surface area contributed by atoms with Gasteiger partial charge in [-0.1, -0.05) is 17.7 Å². The Kier molecular flexibility index (Phi) is 4.14. The van der Waals surface area contributed by atoms with E-state index in [1.807, 2.05) is 19.1 Å². The number of aromatic nitrogens is 1. The van der Waals surface area contributed by atoms with Gasteiger partial charge >= 0.3 is 0 Å². The molecule has 0 amide bonds. The Labute approximate surface area is 119 Å². The van der Waals surface area contributed by atoms with Crippen molar-refractivity contribution in [2.45, 2.75) is 13.5 Å². The monoisotopic (exact) mass is 295 g/mol. The number of aryl methyl sites for hydroxylation is 1. The van der Waals surface area contributed by atoms with Crippen molar-refractivity contribution < 1.29 is 9.31 Å². The van der Waals surface area contributed by atoms with Crippen LogP contribution in [0.4, 0.5) is 15.8 Å². The lowest BCUT2D eigenvalue weighted by Crippen LogP contribution is -2.05. The molecule has 0 aliphatic carbocycles. The molecule has 1 heterocycles. The predicted molar refractivity (Wildman–Crippen MR) is 74.4 cm³/mol. The van der Waals surface area contributed by atoms with Crippen LogP contribution in [0.2, 0.25) is 5.02 Å². The molecule has 0 bridgehead atoms. The average Bonchev–Trinajstić information content (AvgIpc) is 2.39. The van der Waals surface area contributed by atoms with Crippen LogP contribution in [0.3, 0.4) is 0 Å². The first-order valence-electron chi connectivity index (χ1n) is 5.77. The summed E-state index contributed by atoms with van der Waals surface area (Å²) in [7, 11) is 0. The molecule has 5 nitrogen and oxygen atoms in total. The van der Waals surface area contributed by atoms with Crippen LogP contribution in [0.15, 0.2) is 30.3 Å². The Morgan fingerprint density at radius 1 is 1.45 bits per heavy atom. The number of nitro groups is 1. The highest BCUT2D eigenvalue weighted by Crippen LogP contribution is 2.30. The van der Waals surface area contributed by atoms with Crippen LogP contribution in [0.1, 0.15) is 11.4 Å². The topological polar surface area (TPSA) is 68.1 Å². The molecule has 0 aliphatic rings. The van der Waals surface area contributed by atoms with Crippen molar-refractivity contribution in [1.29, 1.82) is 0 Å². The van der Waals surface area contributed by atoms with E-state index in [4.69, 9.17) is 11.6 Å². The fourth-order valence-corrected chi connectivity index (χ4v) is 1.87. The van der Waals surface area contributed by atoms with Crippen molar-refractivity contribution in [2.75, 3.05) is 5.32 Å². The maximum Gasteiger partial charge on any atom is 0.294 e. The first-order valence-corrected chi connectivity index (χ1v) is 6.15. The van der Waals surface area contributed by atoms with Gasteiger partial charge in [-0.15, -0.1) is 0 Å². The average molecular weight is 296 g/mol. The lowest BCUT2D eigenvalue weighted by molar-refractivity contribution is -0.384. The summed E-state index contributed by atoms with van der Waals surface area (Å²) in [4.78, 5) is 14.6. The summed E-state index contributed by atoms with van der Waals surface area (Å²) in [5.41, 5.74) is 1.33. The number of rotatable bonds is 4. The van der Waals surface area contributed by atoms with Gasteiger partial charge in [0, 0.05) is 17.8 Å². The van der Waals surface area contributed by atoms with E-state index < -0.39 is 10.7 Å². The van der Waals surface area contributed by atoms with Crippen LogP contribution in [-0.4, -0.2) is 9.91 Å². The zero-order valence-corrected chi connectivity index (χ0v) is 11.3. The lowest BCUT2D eigenvalue weighted by Gasteiger charge is -2.08. The smallest absolute Gasteiger partial charge is 0.294 e. The van der Waals surface area contributed by atoms with Gasteiger partial charge in [-0.25, -0.2) is 4.39 Å². The van der Waals surface area contributed by atoms with E-state index in [1.54, 1.807) is 6.07 Å². The summed E-state index contributed by atoms with van der Waals surface area (Å²) in [6.45, 7) is 2.09. The summed E-state index contributed by atoms with van der Waals surface area (Å²) in [6.07, 6.45) is 0. The Balaban J connectivity index is 2.24. The number of hydrogen-bond acceptors (Lipinski definition) is 4. The van der Waals surface area contributed by atoms with Gasteiger partial charge in [0.05, 0.1) is 22.2 Å². The number of halogens is 2. The Bertz CT molecular complexity index is 664. The molecule has 7 heteroatoms. The Hall–Kier alpha value is -2.21. The largest absolute Gasteiger partial charge is 0.374 e. The van der Waals surface area contributed by atoms with Gasteiger partial charge < -0.3 is 5.32 Å². The zero-order chi connectivity index (χ0) is 14.7. The van der Waals surface area contributed by atoms with Gasteiger partial charge in [-0.2, -0.15) is 0 Å². The third kappa shape index (κ3) is 3.21. The molecule has 0 saturated heterocycles. The molecule has 0 aliphatic heterocycles. The van der Waals surface area contributed by atoms with Crippen LogP contribution in [-0.2, 0) is 6.54 Å². The van der Waals surface area contributed by atoms with Crippen molar-refractivity contribution in [3.8, 4) is 0 Å². The Morgan fingerprint density at radius 2 is 2.20 bits per heavy atom. The van der Waals surface area contributed by atoms with Crippen LogP contribution in [0, 0.1) is 22.9 Å². The van der Waals surface area contributed by atoms with Gasteiger partial charge in [0.25, 0.3) is 5.69 Å². The molecule has 104 valence electrons. The minimum Gasteiger partial charge on any atom is -0.374 e. The Morgan fingerprint density at radius 3 is 2.85 bits per heavy atom. The van der Waals surface area contributed by atoms with Crippen molar-refractivity contribution in [1.82, 2.24) is 4.98 Å². The van der Waals surface area contributed by atoms with Crippen molar-refractivity contribution in [3.05, 3.63) is 62.7 Å². The maximum atomic E-state index is 13.4. The van der Waals surface area contributed by atoms with Crippen molar-refractivity contribution >= 4 is 23.0 Å². The molecule has 20 heavy (non-hydrogen) atoms. The van der Waals surface area contributed by atoms with Gasteiger partial charge in [-0.3, -0.25) is 15.1 Å². The quantitative estimate of drug-likeness (QED) is 0.690. The summed E-state index contributed by atoms with van der Waals surface area (Å²) >= 11 is 5.55. The second kappa shape index (κ2) is 5.83. The van der Waals surface area contributed by atoms with Crippen LogP contribution >= 0.6 is 11.6 Å². The predicted octanol–water partition coefficient (Wildman–Crippen LogP) is 3.70. The van der Waals surface area contributed by atoms with Crippen LogP contribution in [0.5, 0.6) is 0 Å². The number of pyridine rings is 1. The van der Waals surface area contributed by atoms with E-state index in [2.05, 4.69) is 10.3 Å². The molecule has 1 aromatic carbocycles. The molecular weight excluding hydrogens is 285 g/mol. The van der Waals surface area contributed by atoms with E-state index in [-0.39, 0.29) is 22.9 Å². The van der Waals surface area contributed by atoms with E-state index in [9.17, 15) is 14.5 Å².